The molecule has 2 aliphatic rings. The van der Waals surface area contributed by atoms with Gasteiger partial charge in [-0.2, -0.15) is 0 Å². The zero-order valence-electron chi connectivity index (χ0n) is 9.31. The highest BCUT2D eigenvalue weighted by atomic mass is 35.5. The number of halogens is 3. The minimum Gasteiger partial charge on any atom is -0.381 e. The second-order valence-electron chi connectivity index (χ2n) is 4.31. The van der Waals surface area contributed by atoms with Gasteiger partial charge in [0.15, 0.2) is 0 Å². The Morgan fingerprint density at radius 3 is 2.31 bits per heavy atom. The van der Waals surface area contributed by atoms with Crippen LogP contribution in [-0.4, -0.2) is 49.5 Å². The number of rotatable bonds is 1. The molecule has 2 heterocycles. The summed E-state index contributed by atoms with van der Waals surface area (Å²) in [4.78, 5) is 2.25. The first-order chi connectivity index (χ1) is 6.77. The molecule has 16 heavy (non-hydrogen) atoms. The van der Waals surface area contributed by atoms with Crippen molar-refractivity contribution >= 4 is 24.8 Å². The van der Waals surface area contributed by atoms with Gasteiger partial charge in [0, 0.05) is 38.4 Å². The number of piperidine rings is 1. The quantitative estimate of drug-likeness (QED) is 0.785. The van der Waals surface area contributed by atoms with Gasteiger partial charge in [0.05, 0.1) is 0 Å². The molecular weight excluding hydrogens is 254 g/mol. The fourth-order valence-electron chi connectivity index (χ4n) is 2.33. The van der Waals surface area contributed by atoms with Crippen LogP contribution in [0.5, 0.6) is 0 Å². The molecule has 0 aliphatic carbocycles. The summed E-state index contributed by atoms with van der Waals surface area (Å²) in [6, 6.07) is 0.278. The monoisotopic (exact) mass is 274 g/mol. The molecule has 6 heteroatoms. The van der Waals surface area contributed by atoms with Crippen molar-refractivity contribution in [3.63, 3.8) is 0 Å². The average molecular weight is 275 g/mol. The Balaban J connectivity index is 0.00000112. The number of likely N-dealkylation sites (tertiary alicyclic amines) is 1. The van der Waals surface area contributed by atoms with Crippen molar-refractivity contribution in [3.05, 3.63) is 0 Å². The third kappa shape index (κ3) is 4.00. The van der Waals surface area contributed by atoms with Crippen molar-refractivity contribution in [1.29, 1.82) is 0 Å². The van der Waals surface area contributed by atoms with E-state index in [-0.39, 0.29) is 30.9 Å². The molecule has 2 fully saturated rings. The number of hydrogen-bond donors (Lipinski definition) is 1. The van der Waals surface area contributed by atoms with Gasteiger partial charge in [-0.15, -0.1) is 24.8 Å². The van der Waals surface area contributed by atoms with Crippen LogP contribution < -0.4 is 5.73 Å². The fourth-order valence-corrected chi connectivity index (χ4v) is 2.33. The normalized spacial score (nSPS) is 32.6. The molecule has 0 aromatic carbocycles. The molecule has 2 atom stereocenters. The van der Waals surface area contributed by atoms with Gasteiger partial charge >= 0.3 is 0 Å². The van der Waals surface area contributed by atoms with E-state index in [0.29, 0.717) is 12.6 Å². The molecule has 0 saturated carbocycles. The summed E-state index contributed by atoms with van der Waals surface area (Å²) in [7, 11) is 0. The van der Waals surface area contributed by atoms with E-state index in [2.05, 4.69) is 4.90 Å². The number of nitrogens with zero attached hydrogens (tertiary/aromatic N) is 1. The Kier molecular flexibility index (Phi) is 7.85. The molecule has 2 rings (SSSR count). The predicted molar refractivity (Wildman–Crippen MR) is 67.4 cm³/mol. The Morgan fingerprint density at radius 1 is 1.12 bits per heavy atom. The molecule has 0 aromatic heterocycles. The largest absolute Gasteiger partial charge is 0.381 e. The van der Waals surface area contributed by atoms with Gasteiger partial charge in [-0.3, -0.25) is 4.90 Å². The zero-order valence-corrected chi connectivity index (χ0v) is 10.9. The van der Waals surface area contributed by atoms with Gasteiger partial charge in [-0.25, -0.2) is 4.39 Å². The lowest BCUT2D eigenvalue weighted by atomic mass is 9.99. The van der Waals surface area contributed by atoms with Crippen molar-refractivity contribution in [2.24, 2.45) is 5.73 Å². The molecule has 2 saturated heterocycles. The fraction of sp³-hybridized carbons (Fsp3) is 1.00. The van der Waals surface area contributed by atoms with Crippen molar-refractivity contribution in [2.45, 2.75) is 37.5 Å². The molecule has 0 spiro atoms. The minimum atomic E-state index is -0.841. The van der Waals surface area contributed by atoms with Crippen LogP contribution in [0.3, 0.4) is 0 Å². The van der Waals surface area contributed by atoms with E-state index in [1.807, 2.05) is 0 Å². The summed E-state index contributed by atoms with van der Waals surface area (Å²) in [6.07, 6.45) is 2.04. The van der Waals surface area contributed by atoms with E-state index < -0.39 is 6.17 Å². The molecule has 2 aliphatic heterocycles. The van der Waals surface area contributed by atoms with Crippen molar-refractivity contribution in [3.8, 4) is 0 Å². The van der Waals surface area contributed by atoms with Crippen LogP contribution in [0.1, 0.15) is 19.3 Å². The number of ether oxygens (including phenoxy) is 1. The minimum absolute atomic E-state index is 0. The van der Waals surface area contributed by atoms with E-state index in [1.165, 1.54) is 0 Å². The first-order valence-corrected chi connectivity index (χ1v) is 5.49. The molecule has 0 bridgehead atoms. The van der Waals surface area contributed by atoms with E-state index >= 15 is 0 Å². The smallest absolute Gasteiger partial charge is 0.128 e. The molecular formula is C10H21Cl2FN2O. The van der Waals surface area contributed by atoms with Gasteiger partial charge in [-0.05, 0) is 19.3 Å². The number of nitrogens with two attached hydrogens (primary N) is 1. The first kappa shape index (κ1) is 16.4. The second kappa shape index (κ2) is 7.67. The standard InChI is InChI=1S/C10H19FN2O.2ClH/c11-9-7-13(4-1-10(9)12)8-2-5-14-6-3-8;;/h8-10H,1-7,12H2;2*1H/t9-,10+;;/m0../s1. The van der Waals surface area contributed by atoms with Crippen LogP contribution in [0.2, 0.25) is 0 Å². The highest BCUT2D eigenvalue weighted by Crippen LogP contribution is 2.20. The maximum absolute atomic E-state index is 13.4. The molecule has 0 amide bonds. The SMILES string of the molecule is Cl.Cl.N[C@@H]1CCN(C2CCOCC2)C[C@@H]1F. The van der Waals surface area contributed by atoms with Gasteiger partial charge in [-0.1, -0.05) is 0 Å². The molecule has 0 aromatic rings. The lowest BCUT2D eigenvalue weighted by molar-refractivity contribution is 0.00859. The number of alkyl halides is 1. The van der Waals surface area contributed by atoms with Gasteiger partial charge in [0.1, 0.15) is 6.17 Å². The van der Waals surface area contributed by atoms with Crippen LogP contribution in [-0.2, 0) is 4.74 Å². The summed E-state index contributed by atoms with van der Waals surface area (Å²) in [6.45, 7) is 3.12. The van der Waals surface area contributed by atoms with Crippen molar-refractivity contribution in [1.82, 2.24) is 4.90 Å². The van der Waals surface area contributed by atoms with Crippen LogP contribution >= 0.6 is 24.8 Å². The van der Waals surface area contributed by atoms with E-state index in [0.717, 1.165) is 39.0 Å². The molecule has 0 unspecified atom stereocenters. The molecule has 98 valence electrons. The van der Waals surface area contributed by atoms with Gasteiger partial charge in [0.25, 0.3) is 0 Å². The maximum Gasteiger partial charge on any atom is 0.128 e. The molecule has 0 radical (unpaired) electrons. The van der Waals surface area contributed by atoms with E-state index in [1.54, 1.807) is 0 Å². The van der Waals surface area contributed by atoms with Crippen LogP contribution in [0, 0.1) is 0 Å². The Labute approximate surface area is 109 Å². The summed E-state index contributed by atoms with van der Waals surface area (Å²) < 4.78 is 18.7. The molecule has 3 nitrogen and oxygen atoms in total. The number of hydrogen-bond acceptors (Lipinski definition) is 3. The molecule has 2 N–H and O–H groups in total. The summed E-state index contributed by atoms with van der Waals surface area (Å²) >= 11 is 0. The zero-order chi connectivity index (χ0) is 9.97. The topological polar surface area (TPSA) is 38.5 Å². The Morgan fingerprint density at radius 2 is 1.75 bits per heavy atom. The first-order valence-electron chi connectivity index (χ1n) is 5.49. The second-order valence-corrected chi connectivity index (χ2v) is 4.31. The third-order valence-corrected chi connectivity index (χ3v) is 3.33. The highest BCUT2D eigenvalue weighted by Gasteiger charge is 2.31. The summed E-state index contributed by atoms with van der Waals surface area (Å²) in [5.74, 6) is 0. The average Bonchev–Trinajstić information content (AvgIpc) is 2.23. The lowest BCUT2D eigenvalue weighted by Crippen LogP contribution is -2.52. The maximum atomic E-state index is 13.4. The lowest BCUT2D eigenvalue weighted by Gasteiger charge is -2.39. The van der Waals surface area contributed by atoms with Crippen LogP contribution in [0.4, 0.5) is 4.39 Å². The summed E-state index contributed by atoms with van der Waals surface area (Å²) in [5, 5.41) is 0. The van der Waals surface area contributed by atoms with Crippen molar-refractivity contribution < 1.29 is 9.13 Å². The Bertz CT molecular complexity index is 194. The Hall–Kier alpha value is 0.390. The van der Waals surface area contributed by atoms with E-state index in [4.69, 9.17) is 10.5 Å². The third-order valence-electron chi connectivity index (χ3n) is 3.33. The van der Waals surface area contributed by atoms with Gasteiger partial charge < -0.3 is 10.5 Å². The van der Waals surface area contributed by atoms with E-state index in [9.17, 15) is 4.39 Å². The highest BCUT2D eigenvalue weighted by molar-refractivity contribution is 5.85. The van der Waals surface area contributed by atoms with Gasteiger partial charge in [0.2, 0.25) is 0 Å². The predicted octanol–water partition coefficient (Wildman–Crippen LogP) is 1.38. The van der Waals surface area contributed by atoms with Crippen LogP contribution in [0.15, 0.2) is 0 Å². The van der Waals surface area contributed by atoms with Crippen molar-refractivity contribution in [2.75, 3.05) is 26.3 Å². The van der Waals surface area contributed by atoms with Crippen LogP contribution in [0.25, 0.3) is 0 Å². The summed E-state index contributed by atoms with van der Waals surface area (Å²) in [5.41, 5.74) is 5.64.